The number of carboxylic acids is 1. The average molecular weight is 262 g/mol. The monoisotopic (exact) mass is 262 g/mol. The zero-order valence-electron chi connectivity index (χ0n) is 10.7. The predicted molar refractivity (Wildman–Crippen MR) is 71.8 cm³/mol. The maximum atomic E-state index is 12.2. The normalized spacial score (nSPS) is 17.1. The third-order valence-corrected chi connectivity index (χ3v) is 3.63. The van der Waals surface area contributed by atoms with E-state index in [-0.39, 0.29) is 12.3 Å². The summed E-state index contributed by atoms with van der Waals surface area (Å²) in [4.78, 5) is 23.2. The second kappa shape index (κ2) is 5.30. The molecule has 1 saturated carbocycles. The number of carbonyl (C=O) groups excluding carboxylic acids is 1. The standard InChI is InChI=1S/C14H18N2O3/c15-11-6-2-1-5-10(11)13(19)16-14(9-12(17)18)7-3-4-8-14/h1-2,5-6H,3-4,7-9,15H2,(H,16,19)(H,17,18). The summed E-state index contributed by atoms with van der Waals surface area (Å²) in [5, 5.41) is 11.9. The van der Waals surface area contributed by atoms with Gasteiger partial charge in [-0.15, -0.1) is 0 Å². The van der Waals surface area contributed by atoms with Crippen molar-refractivity contribution in [3.05, 3.63) is 29.8 Å². The summed E-state index contributed by atoms with van der Waals surface area (Å²) in [5.41, 5.74) is 5.95. The Hall–Kier alpha value is -2.04. The van der Waals surface area contributed by atoms with Crippen molar-refractivity contribution in [2.45, 2.75) is 37.6 Å². The molecule has 1 amide bonds. The van der Waals surface area contributed by atoms with Gasteiger partial charge in [0.15, 0.2) is 0 Å². The number of para-hydroxylation sites is 1. The Bertz CT molecular complexity index is 493. The number of hydrogen-bond donors (Lipinski definition) is 3. The van der Waals surface area contributed by atoms with E-state index < -0.39 is 11.5 Å². The Balaban J connectivity index is 2.16. The van der Waals surface area contributed by atoms with Crippen molar-refractivity contribution < 1.29 is 14.7 Å². The van der Waals surface area contributed by atoms with Gasteiger partial charge in [-0.3, -0.25) is 9.59 Å². The van der Waals surface area contributed by atoms with Gasteiger partial charge in [-0.1, -0.05) is 25.0 Å². The van der Waals surface area contributed by atoms with E-state index in [0.717, 1.165) is 12.8 Å². The maximum Gasteiger partial charge on any atom is 0.305 e. The van der Waals surface area contributed by atoms with Crippen LogP contribution in [0.25, 0.3) is 0 Å². The average Bonchev–Trinajstić information content (AvgIpc) is 2.76. The van der Waals surface area contributed by atoms with Crippen LogP contribution in [0.2, 0.25) is 0 Å². The highest BCUT2D eigenvalue weighted by Crippen LogP contribution is 2.33. The number of carbonyl (C=O) groups is 2. The fourth-order valence-corrected chi connectivity index (χ4v) is 2.70. The van der Waals surface area contributed by atoms with E-state index in [1.807, 2.05) is 0 Å². The molecule has 0 radical (unpaired) electrons. The van der Waals surface area contributed by atoms with E-state index in [4.69, 9.17) is 10.8 Å². The maximum absolute atomic E-state index is 12.2. The first kappa shape index (κ1) is 13.4. The van der Waals surface area contributed by atoms with Crippen molar-refractivity contribution in [3.63, 3.8) is 0 Å². The minimum Gasteiger partial charge on any atom is -0.481 e. The third kappa shape index (κ3) is 3.05. The van der Waals surface area contributed by atoms with Crippen molar-refractivity contribution >= 4 is 17.6 Å². The molecule has 0 atom stereocenters. The number of nitrogen functional groups attached to an aromatic ring is 1. The molecule has 0 unspecified atom stereocenters. The molecule has 0 aliphatic heterocycles. The first-order valence-corrected chi connectivity index (χ1v) is 6.41. The summed E-state index contributed by atoms with van der Waals surface area (Å²) in [6, 6.07) is 6.81. The summed E-state index contributed by atoms with van der Waals surface area (Å²) in [5.74, 6) is -1.18. The van der Waals surface area contributed by atoms with Gasteiger partial charge in [0.25, 0.3) is 5.91 Å². The number of anilines is 1. The van der Waals surface area contributed by atoms with Crippen LogP contribution in [0.1, 0.15) is 42.5 Å². The lowest BCUT2D eigenvalue weighted by atomic mass is 9.92. The van der Waals surface area contributed by atoms with Crippen molar-refractivity contribution in [2.24, 2.45) is 0 Å². The largest absolute Gasteiger partial charge is 0.481 e. The summed E-state index contributed by atoms with van der Waals surface area (Å²) in [6.07, 6.45) is 3.26. The molecule has 2 rings (SSSR count). The van der Waals surface area contributed by atoms with Gasteiger partial charge in [-0.05, 0) is 25.0 Å². The first-order valence-electron chi connectivity index (χ1n) is 6.41. The summed E-state index contributed by atoms with van der Waals surface area (Å²) >= 11 is 0. The van der Waals surface area contributed by atoms with E-state index in [9.17, 15) is 9.59 Å². The molecule has 0 aromatic heterocycles. The Morgan fingerprint density at radius 3 is 2.47 bits per heavy atom. The molecule has 0 bridgehead atoms. The fraction of sp³-hybridized carbons (Fsp3) is 0.429. The molecule has 1 aromatic rings. The second-order valence-corrected chi connectivity index (χ2v) is 5.10. The highest BCUT2D eigenvalue weighted by Gasteiger charge is 2.37. The Kier molecular flexibility index (Phi) is 3.74. The molecule has 0 spiro atoms. The second-order valence-electron chi connectivity index (χ2n) is 5.10. The highest BCUT2D eigenvalue weighted by atomic mass is 16.4. The van der Waals surface area contributed by atoms with Crippen molar-refractivity contribution in [2.75, 3.05) is 5.73 Å². The quantitative estimate of drug-likeness (QED) is 0.721. The minimum absolute atomic E-state index is 0.0362. The van der Waals surface area contributed by atoms with Gasteiger partial charge in [0.1, 0.15) is 0 Å². The van der Waals surface area contributed by atoms with E-state index in [1.54, 1.807) is 24.3 Å². The van der Waals surface area contributed by atoms with E-state index >= 15 is 0 Å². The third-order valence-electron chi connectivity index (χ3n) is 3.63. The van der Waals surface area contributed by atoms with Gasteiger partial charge < -0.3 is 16.2 Å². The lowest BCUT2D eigenvalue weighted by molar-refractivity contribution is -0.138. The molecule has 102 valence electrons. The molecule has 5 nitrogen and oxygen atoms in total. The van der Waals surface area contributed by atoms with Crippen LogP contribution in [0, 0.1) is 0 Å². The molecular weight excluding hydrogens is 244 g/mol. The van der Waals surface area contributed by atoms with E-state index in [2.05, 4.69) is 5.32 Å². The molecule has 4 N–H and O–H groups in total. The van der Waals surface area contributed by atoms with Gasteiger partial charge >= 0.3 is 5.97 Å². The number of hydrogen-bond acceptors (Lipinski definition) is 3. The SMILES string of the molecule is Nc1ccccc1C(=O)NC1(CC(=O)O)CCCC1. The number of benzene rings is 1. The summed E-state index contributed by atoms with van der Waals surface area (Å²) < 4.78 is 0. The molecule has 5 heteroatoms. The number of nitrogens with two attached hydrogens (primary N) is 1. The first-order chi connectivity index (χ1) is 9.02. The summed E-state index contributed by atoms with van der Waals surface area (Å²) in [6.45, 7) is 0. The zero-order valence-corrected chi connectivity index (χ0v) is 10.7. The van der Waals surface area contributed by atoms with Crippen LogP contribution >= 0.6 is 0 Å². The molecule has 1 aliphatic rings. The molecule has 1 aliphatic carbocycles. The smallest absolute Gasteiger partial charge is 0.305 e. The van der Waals surface area contributed by atoms with Crippen LogP contribution in [0.3, 0.4) is 0 Å². The van der Waals surface area contributed by atoms with Gasteiger partial charge in [-0.25, -0.2) is 0 Å². The van der Waals surface area contributed by atoms with Crippen LogP contribution in [0.4, 0.5) is 5.69 Å². The molecule has 19 heavy (non-hydrogen) atoms. The lowest BCUT2D eigenvalue weighted by Crippen LogP contribution is -2.47. The van der Waals surface area contributed by atoms with E-state index in [0.29, 0.717) is 24.1 Å². The predicted octanol–water partition coefficient (Wildman–Crippen LogP) is 1.79. The Labute approximate surface area is 111 Å². The van der Waals surface area contributed by atoms with Crippen LogP contribution < -0.4 is 11.1 Å². The Morgan fingerprint density at radius 1 is 1.26 bits per heavy atom. The van der Waals surface area contributed by atoms with Crippen LogP contribution in [-0.2, 0) is 4.79 Å². The number of carboxylic acid groups (broad SMARTS) is 1. The number of nitrogens with one attached hydrogen (secondary N) is 1. The van der Waals surface area contributed by atoms with Gasteiger partial charge in [0.2, 0.25) is 0 Å². The number of rotatable bonds is 4. The molecule has 1 aromatic carbocycles. The fourth-order valence-electron chi connectivity index (χ4n) is 2.70. The molecular formula is C14H18N2O3. The highest BCUT2D eigenvalue weighted by molar-refractivity contribution is 5.99. The van der Waals surface area contributed by atoms with Crippen LogP contribution in [-0.4, -0.2) is 22.5 Å². The lowest BCUT2D eigenvalue weighted by Gasteiger charge is -2.28. The van der Waals surface area contributed by atoms with E-state index in [1.165, 1.54) is 0 Å². The molecule has 0 saturated heterocycles. The van der Waals surface area contributed by atoms with Gasteiger partial charge in [0.05, 0.1) is 17.5 Å². The minimum atomic E-state index is -0.886. The zero-order chi connectivity index (χ0) is 13.9. The Morgan fingerprint density at radius 2 is 1.89 bits per heavy atom. The molecule has 1 fully saturated rings. The number of aliphatic carboxylic acids is 1. The van der Waals surface area contributed by atoms with Crippen LogP contribution in [0.15, 0.2) is 24.3 Å². The van der Waals surface area contributed by atoms with Gasteiger partial charge in [-0.2, -0.15) is 0 Å². The molecule has 0 heterocycles. The topological polar surface area (TPSA) is 92.4 Å². The van der Waals surface area contributed by atoms with Crippen molar-refractivity contribution in [3.8, 4) is 0 Å². The van der Waals surface area contributed by atoms with Crippen molar-refractivity contribution in [1.29, 1.82) is 0 Å². The summed E-state index contributed by atoms with van der Waals surface area (Å²) in [7, 11) is 0. The number of amides is 1. The van der Waals surface area contributed by atoms with Crippen molar-refractivity contribution in [1.82, 2.24) is 5.32 Å². The van der Waals surface area contributed by atoms with Crippen LogP contribution in [0.5, 0.6) is 0 Å². The van der Waals surface area contributed by atoms with Gasteiger partial charge in [0, 0.05) is 5.69 Å².